The van der Waals surface area contributed by atoms with E-state index in [-0.39, 0.29) is 16.8 Å². The summed E-state index contributed by atoms with van der Waals surface area (Å²) >= 11 is 0. The second-order valence-corrected chi connectivity index (χ2v) is 0.519. The number of carboxylic acid groups (broad SMARTS) is 1. The van der Waals surface area contributed by atoms with Gasteiger partial charge in [0.25, 0.3) is 14.0 Å². The molecule has 0 aliphatic rings. The minimum absolute atomic E-state index is 0. The van der Waals surface area contributed by atoms with Gasteiger partial charge in [-0.15, -0.1) is 0 Å². The largest absolute Gasteiger partial charge is 0.481 e. The number of hydrogen-bond donors (Lipinski definition) is 2. The molecule has 0 aliphatic carbocycles. The molecule has 0 bridgehead atoms. The van der Waals surface area contributed by atoms with Gasteiger partial charge in [0.1, 0.15) is 0 Å². The molecule has 2 N–H and O–H groups in total. The van der Waals surface area contributed by atoms with E-state index >= 15 is 0 Å². The molecule has 3 radical (unpaired) electrons. The second-order valence-electron chi connectivity index (χ2n) is 0.519. The molecule has 43 valence electrons. The van der Waals surface area contributed by atoms with Gasteiger partial charge in [0.05, 0.1) is 0 Å². The Labute approximate surface area is 53.4 Å². The molecule has 0 amide bonds. The van der Waals surface area contributed by atoms with Gasteiger partial charge in [0.15, 0.2) is 0 Å². The van der Waals surface area contributed by atoms with E-state index in [1.54, 1.807) is 0 Å². The topological polar surface area (TPSA) is 57.5 Å². The molecule has 0 rings (SSSR count). The molecule has 0 aliphatic heterocycles. The minimum Gasteiger partial charge on any atom is -0.481 e. The summed E-state index contributed by atoms with van der Waals surface area (Å²) in [6.45, 7) is 1.08. The zero-order valence-corrected chi connectivity index (χ0v) is 4.75. The van der Waals surface area contributed by atoms with Crippen LogP contribution in [0.2, 0.25) is 0 Å². The van der Waals surface area contributed by atoms with Crippen LogP contribution in [0.25, 0.3) is 0 Å². The van der Waals surface area contributed by atoms with Crippen LogP contribution in [-0.2, 0) is 21.6 Å². The molecule has 0 aromatic carbocycles. The van der Waals surface area contributed by atoms with Crippen molar-refractivity contribution in [2.45, 2.75) is 6.92 Å². The Morgan fingerprint density at radius 3 is 1.57 bits per heavy atom. The monoisotopic (exact) mass is 147 g/mol. The van der Waals surface area contributed by atoms with Crippen molar-refractivity contribution in [3.8, 4) is 0 Å². The predicted octanol–water partition coefficient (Wildman–Crippen LogP) is -0.849. The Balaban J connectivity index is -0.0000000480. The molecule has 0 aromatic rings. The normalized spacial score (nSPS) is 4.29. The standard InChI is InChI=1S/C2H4O2.BHO.Co/c1-2(3)4;1-2;/h1H3,(H,3,4);2H;. The third kappa shape index (κ3) is 47100000. The van der Waals surface area contributed by atoms with Crippen molar-refractivity contribution in [1.82, 2.24) is 0 Å². The maximum atomic E-state index is 9.00. The Hall–Kier alpha value is 0.00143. The molecule has 0 heterocycles. The van der Waals surface area contributed by atoms with Gasteiger partial charge in [-0.05, 0) is 0 Å². The van der Waals surface area contributed by atoms with Crippen LogP contribution in [0.3, 0.4) is 0 Å². The van der Waals surface area contributed by atoms with E-state index < -0.39 is 5.97 Å². The van der Waals surface area contributed by atoms with E-state index in [4.69, 9.17) is 14.9 Å². The van der Waals surface area contributed by atoms with Crippen LogP contribution in [0.1, 0.15) is 6.92 Å². The van der Waals surface area contributed by atoms with Gasteiger partial charge in [-0.25, -0.2) is 0 Å². The van der Waals surface area contributed by atoms with Crippen molar-refractivity contribution in [2.75, 3.05) is 0 Å². The van der Waals surface area contributed by atoms with Crippen LogP contribution in [0.15, 0.2) is 0 Å². The molecular weight excluding hydrogens is 142 g/mol. The number of carbonyl (C=O) groups is 1. The summed E-state index contributed by atoms with van der Waals surface area (Å²) in [4.78, 5) is 9.00. The summed E-state index contributed by atoms with van der Waals surface area (Å²) < 4.78 is 0. The Kier molecular flexibility index (Phi) is 37.5. The first kappa shape index (κ1) is 15.7. The fraction of sp³-hybridized carbons (Fsp3) is 0.500. The Bertz CT molecular complexity index is 35.9. The first-order valence-electron chi connectivity index (χ1n) is 1.19. The van der Waals surface area contributed by atoms with Crippen molar-refractivity contribution in [2.24, 2.45) is 0 Å². The minimum atomic E-state index is -0.833. The summed E-state index contributed by atoms with van der Waals surface area (Å²) in [5.41, 5.74) is 0. The van der Waals surface area contributed by atoms with Crippen LogP contribution >= 0.6 is 0 Å². The average molecular weight is 147 g/mol. The zero-order chi connectivity index (χ0) is 5.58. The molecule has 0 fully saturated rings. The fourth-order valence-electron chi connectivity index (χ4n) is 0. The third-order valence-corrected chi connectivity index (χ3v) is 0. The molecule has 0 aromatic heterocycles. The predicted molar refractivity (Wildman–Crippen MR) is 21.3 cm³/mol. The van der Waals surface area contributed by atoms with E-state index in [1.165, 1.54) is 0 Å². The van der Waals surface area contributed by atoms with E-state index in [2.05, 4.69) is 8.05 Å². The molecular formula is C2H5BCoO3. The van der Waals surface area contributed by atoms with Crippen LogP contribution < -0.4 is 0 Å². The summed E-state index contributed by atoms with van der Waals surface area (Å²) in [6, 6.07) is 0. The van der Waals surface area contributed by atoms with Gasteiger partial charge >= 0.3 is 0 Å². The second kappa shape index (κ2) is 16.7. The van der Waals surface area contributed by atoms with Gasteiger partial charge in [0.2, 0.25) is 0 Å². The molecule has 5 heteroatoms. The van der Waals surface area contributed by atoms with Crippen molar-refractivity contribution in [3.63, 3.8) is 0 Å². The third-order valence-electron chi connectivity index (χ3n) is 0. The van der Waals surface area contributed by atoms with Gasteiger partial charge < -0.3 is 10.1 Å². The molecule has 3 nitrogen and oxygen atoms in total. The van der Waals surface area contributed by atoms with Crippen molar-refractivity contribution < 1.29 is 31.7 Å². The number of rotatable bonds is 0. The summed E-state index contributed by atoms with van der Waals surface area (Å²) in [7, 11) is 3.50. The smallest absolute Gasteiger partial charge is 0.300 e. The first-order valence-corrected chi connectivity index (χ1v) is 1.19. The maximum absolute atomic E-state index is 9.00. The van der Waals surface area contributed by atoms with Crippen molar-refractivity contribution in [1.29, 1.82) is 0 Å². The molecule has 0 atom stereocenters. The Morgan fingerprint density at radius 2 is 1.57 bits per heavy atom. The van der Waals surface area contributed by atoms with Crippen LogP contribution in [0, 0.1) is 0 Å². The van der Waals surface area contributed by atoms with Crippen LogP contribution in [0.4, 0.5) is 0 Å². The number of carboxylic acids is 1. The average Bonchev–Trinajstić information content (AvgIpc) is 1.41. The van der Waals surface area contributed by atoms with E-state index in [0.29, 0.717) is 0 Å². The van der Waals surface area contributed by atoms with Crippen molar-refractivity contribution >= 4 is 14.0 Å². The van der Waals surface area contributed by atoms with Gasteiger partial charge in [-0.3, -0.25) is 4.79 Å². The maximum Gasteiger partial charge on any atom is 0.300 e. The quantitative estimate of drug-likeness (QED) is 0.438. The molecule has 7 heavy (non-hydrogen) atoms. The van der Waals surface area contributed by atoms with Gasteiger partial charge in [-0.2, -0.15) is 0 Å². The molecule has 0 spiro atoms. The van der Waals surface area contributed by atoms with Crippen LogP contribution in [0.5, 0.6) is 0 Å². The van der Waals surface area contributed by atoms with Crippen LogP contribution in [-0.4, -0.2) is 24.1 Å². The van der Waals surface area contributed by atoms with E-state index in [9.17, 15) is 0 Å². The number of aliphatic carboxylic acids is 1. The first-order chi connectivity index (χ1) is 2.73. The molecule has 0 saturated carbocycles. The van der Waals surface area contributed by atoms with E-state index in [0.717, 1.165) is 6.92 Å². The Morgan fingerprint density at radius 1 is 1.57 bits per heavy atom. The summed E-state index contributed by atoms with van der Waals surface area (Å²) in [6.07, 6.45) is 0. The molecule has 0 saturated heterocycles. The zero-order valence-electron chi connectivity index (χ0n) is 3.71. The van der Waals surface area contributed by atoms with Gasteiger partial charge in [0, 0.05) is 23.7 Å². The SMILES string of the molecule is CC(=O)O.[B]O.[Co]. The number of hydrogen-bond acceptors (Lipinski definition) is 2. The van der Waals surface area contributed by atoms with Gasteiger partial charge in [-0.1, -0.05) is 0 Å². The van der Waals surface area contributed by atoms with Crippen molar-refractivity contribution in [3.05, 3.63) is 0 Å². The summed E-state index contributed by atoms with van der Waals surface area (Å²) in [5.74, 6) is -0.833. The summed E-state index contributed by atoms with van der Waals surface area (Å²) in [5, 5.41) is 13.9. The van der Waals surface area contributed by atoms with E-state index in [1.807, 2.05) is 0 Å². The molecule has 0 unspecified atom stereocenters. The fourth-order valence-corrected chi connectivity index (χ4v) is 0.